The van der Waals surface area contributed by atoms with E-state index in [9.17, 15) is 9.59 Å². The SMILES string of the molecule is CCC(N)C(=O)NCCn1cc(C(=O)O)nn1. The van der Waals surface area contributed by atoms with Crippen molar-refractivity contribution in [1.29, 1.82) is 0 Å². The molecule has 1 amide bonds. The van der Waals surface area contributed by atoms with E-state index < -0.39 is 12.0 Å². The molecule has 94 valence electrons. The van der Waals surface area contributed by atoms with Gasteiger partial charge in [-0.2, -0.15) is 0 Å². The summed E-state index contributed by atoms with van der Waals surface area (Å²) in [7, 11) is 0. The zero-order valence-corrected chi connectivity index (χ0v) is 9.46. The molecule has 0 saturated carbocycles. The Morgan fingerprint density at radius 2 is 2.35 bits per heavy atom. The van der Waals surface area contributed by atoms with Crippen LogP contribution in [0.1, 0.15) is 23.8 Å². The maximum absolute atomic E-state index is 11.3. The van der Waals surface area contributed by atoms with E-state index >= 15 is 0 Å². The number of hydrogen-bond donors (Lipinski definition) is 3. The number of aromatic carboxylic acids is 1. The summed E-state index contributed by atoms with van der Waals surface area (Å²) in [6, 6.07) is -0.514. The second-order valence-electron chi connectivity index (χ2n) is 3.48. The summed E-state index contributed by atoms with van der Waals surface area (Å²) >= 11 is 0. The summed E-state index contributed by atoms with van der Waals surface area (Å²) < 4.78 is 1.35. The van der Waals surface area contributed by atoms with Crippen LogP contribution in [0, 0.1) is 0 Å². The Kier molecular flexibility index (Phi) is 4.58. The van der Waals surface area contributed by atoms with E-state index in [0.29, 0.717) is 19.5 Å². The molecule has 0 aliphatic carbocycles. The Bertz CT molecular complexity index is 403. The van der Waals surface area contributed by atoms with Gasteiger partial charge in [0, 0.05) is 6.54 Å². The number of nitrogens with one attached hydrogen (secondary N) is 1. The Labute approximate surface area is 97.8 Å². The second-order valence-corrected chi connectivity index (χ2v) is 3.48. The third kappa shape index (κ3) is 3.83. The predicted octanol–water partition coefficient (Wildman–Crippen LogP) is -1.17. The van der Waals surface area contributed by atoms with E-state index in [0.717, 1.165) is 0 Å². The van der Waals surface area contributed by atoms with Gasteiger partial charge < -0.3 is 16.2 Å². The second kappa shape index (κ2) is 5.94. The van der Waals surface area contributed by atoms with Crippen LogP contribution in [0.5, 0.6) is 0 Å². The molecule has 0 fully saturated rings. The molecule has 17 heavy (non-hydrogen) atoms. The monoisotopic (exact) mass is 241 g/mol. The molecule has 1 heterocycles. The maximum Gasteiger partial charge on any atom is 0.358 e. The largest absolute Gasteiger partial charge is 0.476 e. The van der Waals surface area contributed by atoms with Gasteiger partial charge in [-0.25, -0.2) is 9.48 Å². The highest BCUT2D eigenvalue weighted by molar-refractivity contribution is 5.84. The average Bonchev–Trinajstić information content (AvgIpc) is 2.76. The molecule has 1 rings (SSSR count). The molecule has 1 aromatic rings. The Morgan fingerprint density at radius 1 is 1.65 bits per heavy atom. The van der Waals surface area contributed by atoms with E-state index in [1.165, 1.54) is 10.9 Å². The van der Waals surface area contributed by atoms with Crippen molar-refractivity contribution in [3.05, 3.63) is 11.9 Å². The van der Waals surface area contributed by atoms with Crippen LogP contribution in [0.25, 0.3) is 0 Å². The number of nitrogens with two attached hydrogens (primary N) is 1. The minimum atomic E-state index is -1.13. The number of hydrogen-bond acceptors (Lipinski definition) is 5. The quantitative estimate of drug-likeness (QED) is 0.576. The van der Waals surface area contributed by atoms with Crippen LogP contribution >= 0.6 is 0 Å². The van der Waals surface area contributed by atoms with Crippen LogP contribution in [-0.2, 0) is 11.3 Å². The lowest BCUT2D eigenvalue weighted by atomic mass is 10.2. The van der Waals surface area contributed by atoms with E-state index in [4.69, 9.17) is 10.8 Å². The smallest absolute Gasteiger partial charge is 0.358 e. The first kappa shape index (κ1) is 13.1. The normalized spacial score (nSPS) is 12.1. The number of nitrogens with zero attached hydrogens (tertiary/aromatic N) is 3. The fraction of sp³-hybridized carbons (Fsp3) is 0.556. The average molecular weight is 241 g/mol. The standard InChI is InChI=1S/C9H15N5O3/c1-2-6(10)8(15)11-3-4-14-5-7(9(16)17)12-13-14/h5-6H,2-4,10H2,1H3,(H,11,15)(H,16,17). The summed E-state index contributed by atoms with van der Waals surface area (Å²) in [5.41, 5.74) is 5.39. The number of amides is 1. The topological polar surface area (TPSA) is 123 Å². The van der Waals surface area contributed by atoms with Gasteiger partial charge in [0.1, 0.15) is 0 Å². The van der Waals surface area contributed by atoms with Gasteiger partial charge in [-0.05, 0) is 6.42 Å². The van der Waals surface area contributed by atoms with Gasteiger partial charge in [-0.1, -0.05) is 12.1 Å². The van der Waals surface area contributed by atoms with Crippen molar-refractivity contribution in [3.63, 3.8) is 0 Å². The van der Waals surface area contributed by atoms with E-state index in [2.05, 4.69) is 15.6 Å². The van der Waals surface area contributed by atoms with E-state index in [1.807, 2.05) is 6.92 Å². The van der Waals surface area contributed by atoms with Crippen molar-refractivity contribution in [2.24, 2.45) is 5.73 Å². The van der Waals surface area contributed by atoms with Gasteiger partial charge in [0.25, 0.3) is 0 Å². The first-order valence-electron chi connectivity index (χ1n) is 5.21. The summed E-state index contributed by atoms with van der Waals surface area (Å²) in [6.07, 6.45) is 1.87. The van der Waals surface area contributed by atoms with Crippen molar-refractivity contribution >= 4 is 11.9 Å². The van der Waals surface area contributed by atoms with Crippen molar-refractivity contribution in [2.75, 3.05) is 6.54 Å². The molecular formula is C9H15N5O3. The van der Waals surface area contributed by atoms with Crippen molar-refractivity contribution in [3.8, 4) is 0 Å². The van der Waals surface area contributed by atoms with Crippen molar-refractivity contribution < 1.29 is 14.7 Å². The van der Waals surface area contributed by atoms with Crippen LogP contribution in [0.15, 0.2) is 6.20 Å². The fourth-order valence-corrected chi connectivity index (χ4v) is 1.12. The summed E-state index contributed by atoms with van der Waals surface area (Å²) in [5, 5.41) is 18.3. The lowest BCUT2D eigenvalue weighted by molar-refractivity contribution is -0.122. The molecule has 0 saturated heterocycles. The molecular weight excluding hydrogens is 226 g/mol. The predicted molar refractivity (Wildman–Crippen MR) is 58.3 cm³/mol. The fourth-order valence-electron chi connectivity index (χ4n) is 1.12. The highest BCUT2D eigenvalue weighted by Gasteiger charge is 2.11. The molecule has 0 aromatic carbocycles. The molecule has 1 unspecified atom stereocenters. The van der Waals surface area contributed by atoms with Crippen LogP contribution in [0.4, 0.5) is 0 Å². The Balaban J connectivity index is 2.35. The van der Waals surface area contributed by atoms with Gasteiger partial charge in [0.2, 0.25) is 5.91 Å². The van der Waals surface area contributed by atoms with Crippen LogP contribution < -0.4 is 11.1 Å². The molecule has 8 nitrogen and oxygen atoms in total. The van der Waals surface area contributed by atoms with Gasteiger partial charge in [0.05, 0.1) is 18.8 Å². The van der Waals surface area contributed by atoms with Gasteiger partial charge in [0.15, 0.2) is 5.69 Å². The van der Waals surface area contributed by atoms with Gasteiger partial charge >= 0.3 is 5.97 Å². The van der Waals surface area contributed by atoms with E-state index in [-0.39, 0.29) is 11.6 Å². The number of aromatic nitrogens is 3. The molecule has 0 aliphatic heterocycles. The molecule has 1 aromatic heterocycles. The highest BCUT2D eigenvalue weighted by Crippen LogP contribution is 1.92. The van der Waals surface area contributed by atoms with Crippen molar-refractivity contribution in [2.45, 2.75) is 25.9 Å². The number of rotatable bonds is 6. The van der Waals surface area contributed by atoms with Crippen molar-refractivity contribution in [1.82, 2.24) is 20.3 Å². The summed E-state index contributed by atoms with van der Waals surface area (Å²) in [5.74, 6) is -1.36. The molecule has 0 spiro atoms. The number of carboxylic acids is 1. The molecule has 4 N–H and O–H groups in total. The summed E-state index contributed by atoms with van der Waals surface area (Å²) in [6.45, 7) is 2.50. The Morgan fingerprint density at radius 3 is 2.88 bits per heavy atom. The molecule has 0 aliphatic rings. The third-order valence-electron chi connectivity index (χ3n) is 2.17. The minimum absolute atomic E-state index is 0.124. The molecule has 1 atom stereocenters. The first-order valence-corrected chi connectivity index (χ1v) is 5.21. The highest BCUT2D eigenvalue weighted by atomic mass is 16.4. The number of carbonyl (C=O) groups is 2. The Hall–Kier alpha value is -1.96. The van der Waals surface area contributed by atoms with E-state index in [1.54, 1.807) is 0 Å². The first-order chi connectivity index (χ1) is 8.04. The zero-order valence-electron chi connectivity index (χ0n) is 9.46. The maximum atomic E-state index is 11.3. The lowest BCUT2D eigenvalue weighted by Crippen LogP contribution is -2.41. The molecule has 0 bridgehead atoms. The van der Waals surface area contributed by atoms with Crippen LogP contribution in [0.3, 0.4) is 0 Å². The van der Waals surface area contributed by atoms with Crippen LogP contribution in [-0.4, -0.2) is 44.6 Å². The lowest BCUT2D eigenvalue weighted by Gasteiger charge is -2.09. The zero-order chi connectivity index (χ0) is 12.8. The number of carboxylic acid groups (broad SMARTS) is 1. The third-order valence-corrected chi connectivity index (χ3v) is 2.17. The van der Waals surface area contributed by atoms with Gasteiger partial charge in [-0.15, -0.1) is 5.10 Å². The minimum Gasteiger partial charge on any atom is -0.476 e. The molecule has 8 heteroatoms. The summed E-state index contributed by atoms with van der Waals surface area (Å²) in [4.78, 5) is 21.8. The van der Waals surface area contributed by atoms with Crippen LogP contribution in [0.2, 0.25) is 0 Å². The number of carbonyl (C=O) groups excluding carboxylic acids is 1. The van der Waals surface area contributed by atoms with Gasteiger partial charge in [-0.3, -0.25) is 4.79 Å². The molecule has 0 radical (unpaired) electrons.